The van der Waals surface area contributed by atoms with Crippen molar-refractivity contribution in [1.82, 2.24) is 5.32 Å². The molecule has 360 valence electrons. The molecular formula is C52H99NO8. The van der Waals surface area contributed by atoms with Gasteiger partial charge in [-0.25, -0.2) is 0 Å². The first-order chi connectivity index (χ1) is 29.8. The van der Waals surface area contributed by atoms with Crippen molar-refractivity contribution >= 4 is 5.91 Å². The minimum absolute atomic E-state index is 0.142. The molecule has 0 saturated carbocycles. The van der Waals surface area contributed by atoms with Crippen molar-refractivity contribution in [2.45, 2.75) is 288 Å². The molecule has 7 unspecified atom stereocenters. The molecule has 9 heteroatoms. The van der Waals surface area contributed by atoms with Crippen LogP contribution in [-0.2, 0) is 14.3 Å². The molecule has 1 aliphatic heterocycles. The molecular weight excluding hydrogens is 767 g/mol. The Bertz CT molecular complexity index is 1010. The fourth-order valence-electron chi connectivity index (χ4n) is 8.37. The summed E-state index contributed by atoms with van der Waals surface area (Å²) in [5.74, 6) is -0.156. The zero-order valence-electron chi connectivity index (χ0n) is 39.7. The number of unbranched alkanes of at least 4 members (excludes halogenated alkanes) is 30. The topological polar surface area (TPSA) is 149 Å². The van der Waals surface area contributed by atoms with Crippen molar-refractivity contribution in [1.29, 1.82) is 0 Å². The quantitative estimate of drug-likeness (QED) is 0.0262. The van der Waals surface area contributed by atoms with Crippen LogP contribution in [0.4, 0.5) is 0 Å². The third-order valence-electron chi connectivity index (χ3n) is 12.6. The smallest absolute Gasteiger partial charge is 0.220 e. The van der Waals surface area contributed by atoms with Gasteiger partial charge >= 0.3 is 0 Å². The molecule has 0 bridgehead atoms. The molecule has 1 saturated heterocycles. The van der Waals surface area contributed by atoms with Crippen molar-refractivity contribution in [2.24, 2.45) is 0 Å². The molecule has 1 rings (SSSR count). The van der Waals surface area contributed by atoms with E-state index in [2.05, 4.69) is 43.5 Å². The Morgan fingerprint density at radius 2 is 0.967 bits per heavy atom. The van der Waals surface area contributed by atoms with Crippen LogP contribution in [0.1, 0.15) is 245 Å². The summed E-state index contributed by atoms with van der Waals surface area (Å²) in [5, 5.41) is 54.5. The van der Waals surface area contributed by atoms with E-state index >= 15 is 0 Å². The molecule has 0 aliphatic carbocycles. The highest BCUT2D eigenvalue weighted by Crippen LogP contribution is 2.23. The first kappa shape index (κ1) is 57.7. The van der Waals surface area contributed by atoms with Crippen LogP contribution in [0.25, 0.3) is 0 Å². The molecule has 1 fully saturated rings. The lowest BCUT2D eigenvalue weighted by Crippen LogP contribution is -2.60. The van der Waals surface area contributed by atoms with Crippen molar-refractivity contribution in [3.8, 4) is 0 Å². The number of nitrogens with one attached hydrogen (secondary N) is 1. The minimum atomic E-state index is -1.55. The Kier molecular flexibility index (Phi) is 40.3. The third kappa shape index (κ3) is 32.9. The molecule has 1 heterocycles. The Balaban J connectivity index is 2.25. The van der Waals surface area contributed by atoms with Gasteiger partial charge in [0.1, 0.15) is 24.4 Å². The first-order valence-electron chi connectivity index (χ1n) is 26.0. The predicted octanol–water partition coefficient (Wildman–Crippen LogP) is 11.8. The average Bonchev–Trinajstić information content (AvgIpc) is 3.26. The number of hydrogen-bond acceptors (Lipinski definition) is 8. The Morgan fingerprint density at radius 3 is 1.44 bits per heavy atom. The number of aliphatic hydroxyl groups excluding tert-OH is 5. The molecule has 0 aromatic carbocycles. The van der Waals surface area contributed by atoms with Gasteiger partial charge in [-0.15, -0.1) is 0 Å². The summed E-state index contributed by atoms with van der Waals surface area (Å²) in [6.45, 7) is 3.82. The predicted molar refractivity (Wildman–Crippen MR) is 253 cm³/mol. The van der Waals surface area contributed by atoms with Crippen molar-refractivity contribution < 1.29 is 39.8 Å². The van der Waals surface area contributed by atoms with Gasteiger partial charge in [0.05, 0.1) is 25.4 Å². The average molecular weight is 866 g/mol. The van der Waals surface area contributed by atoms with Crippen LogP contribution in [0.15, 0.2) is 24.3 Å². The number of hydrogen-bond donors (Lipinski definition) is 6. The molecule has 0 aromatic rings. The van der Waals surface area contributed by atoms with Crippen LogP contribution in [0.5, 0.6) is 0 Å². The standard InChI is InChI=1S/C52H99NO8/c1-3-5-7-9-11-13-15-17-19-20-21-22-23-24-25-26-28-29-31-33-35-37-39-41-46(55)45(44-60-52-51(59)50(58)49(57)47(43-54)61-52)53-48(56)42-40-38-36-34-32-30-27-18-16-14-12-10-8-6-4-2/h12,14,18,27,45-47,49-52,54-55,57-59H,3-11,13,15-17,19-26,28-44H2,1-2H3,(H,53,56)/b14-12-,27-18-. The Morgan fingerprint density at radius 1 is 0.557 bits per heavy atom. The second-order valence-electron chi connectivity index (χ2n) is 18.3. The van der Waals surface area contributed by atoms with Crippen molar-refractivity contribution in [3.05, 3.63) is 24.3 Å². The number of rotatable bonds is 44. The number of carbonyl (C=O) groups is 1. The SMILES string of the molecule is CCCCC/C=C\C/C=C\CCCCCCCC(=O)NC(COC1OC(CO)C(O)C(O)C1O)C(O)CCCCCCCCCCCCCCCCCCCCCCCCC. The fraction of sp³-hybridized carbons (Fsp3) is 0.904. The van der Waals surface area contributed by atoms with Crippen LogP contribution in [0.2, 0.25) is 0 Å². The molecule has 61 heavy (non-hydrogen) atoms. The van der Waals surface area contributed by atoms with E-state index in [0.717, 1.165) is 64.2 Å². The summed E-state index contributed by atoms with van der Waals surface area (Å²) in [6, 6.07) is -0.724. The van der Waals surface area contributed by atoms with Crippen LogP contribution < -0.4 is 5.32 Å². The lowest BCUT2D eigenvalue weighted by Gasteiger charge is -2.40. The summed E-state index contributed by atoms with van der Waals surface area (Å²) in [6.07, 6.45) is 44.8. The first-order valence-corrected chi connectivity index (χ1v) is 26.0. The van der Waals surface area contributed by atoms with Crippen molar-refractivity contribution in [3.63, 3.8) is 0 Å². The van der Waals surface area contributed by atoms with E-state index < -0.39 is 49.5 Å². The van der Waals surface area contributed by atoms with E-state index in [1.165, 1.54) is 154 Å². The van der Waals surface area contributed by atoms with E-state index in [1.807, 2.05) is 0 Å². The van der Waals surface area contributed by atoms with Gasteiger partial charge in [0.15, 0.2) is 6.29 Å². The Hall–Kier alpha value is -1.33. The highest BCUT2D eigenvalue weighted by atomic mass is 16.7. The zero-order valence-corrected chi connectivity index (χ0v) is 39.7. The molecule has 0 aromatic heterocycles. The minimum Gasteiger partial charge on any atom is -0.394 e. The van der Waals surface area contributed by atoms with E-state index in [1.54, 1.807) is 0 Å². The number of carbonyl (C=O) groups excluding carboxylic acids is 1. The normalized spacial score (nSPS) is 20.5. The molecule has 0 radical (unpaired) electrons. The largest absolute Gasteiger partial charge is 0.394 e. The third-order valence-corrected chi connectivity index (χ3v) is 12.6. The van der Waals surface area contributed by atoms with Gasteiger partial charge in [-0.1, -0.05) is 218 Å². The van der Waals surface area contributed by atoms with E-state index in [0.29, 0.717) is 12.8 Å². The summed E-state index contributed by atoms with van der Waals surface area (Å²) >= 11 is 0. The maximum absolute atomic E-state index is 13.0. The molecule has 1 aliphatic rings. The van der Waals surface area contributed by atoms with E-state index in [9.17, 15) is 30.3 Å². The molecule has 0 spiro atoms. The van der Waals surface area contributed by atoms with Crippen LogP contribution in [0.3, 0.4) is 0 Å². The summed E-state index contributed by atoms with van der Waals surface area (Å²) in [4.78, 5) is 13.0. The lowest BCUT2D eigenvalue weighted by atomic mass is 9.99. The number of aliphatic hydroxyl groups is 5. The highest BCUT2D eigenvalue weighted by molar-refractivity contribution is 5.76. The van der Waals surface area contributed by atoms with Crippen molar-refractivity contribution in [2.75, 3.05) is 13.2 Å². The number of allylic oxidation sites excluding steroid dienone is 4. The summed E-state index contributed by atoms with van der Waals surface area (Å²) < 4.78 is 11.3. The molecule has 9 nitrogen and oxygen atoms in total. The van der Waals surface area contributed by atoms with Crippen LogP contribution in [-0.4, -0.2) is 87.5 Å². The maximum Gasteiger partial charge on any atom is 0.220 e. The second-order valence-corrected chi connectivity index (χ2v) is 18.3. The fourth-order valence-corrected chi connectivity index (χ4v) is 8.37. The maximum atomic E-state index is 13.0. The highest BCUT2D eigenvalue weighted by Gasteiger charge is 2.44. The zero-order chi connectivity index (χ0) is 44.4. The van der Waals surface area contributed by atoms with Crippen LogP contribution in [0, 0.1) is 0 Å². The van der Waals surface area contributed by atoms with Gasteiger partial charge in [-0.2, -0.15) is 0 Å². The second kappa shape index (κ2) is 42.6. The molecule has 1 amide bonds. The molecule has 7 atom stereocenters. The van der Waals surface area contributed by atoms with Crippen LogP contribution >= 0.6 is 0 Å². The summed E-state index contributed by atoms with van der Waals surface area (Å²) in [7, 11) is 0. The number of amides is 1. The lowest BCUT2D eigenvalue weighted by molar-refractivity contribution is -0.302. The van der Waals surface area contributed by atoms with Gasteiger partial charge in [-0.3, -0.25) is 4.79 Å². The van der Waals surface area contributed by atoms with Gasteiger partial charge in [0.25, 0.3) is 0 Å². The van der Waals surface area contributed by atoms with E-state index in [4.69, 9.17) is 9.47 Å². The summed E-state index contributed by atoms with van der Waals surface area (Å²) in [5.41, 5.74) is 0. The van der Waals surface area contributed by atoms with Gasteiger partial charge in [0.2, 0.25) is 5.91 Å². The molecule has 6 N–H and O–H groups in total. The number of ether oxygens (including phenoxy) is 2. The van der Waals surface area contributed by atoms with E-state index in [-0.39, 0.29) is 12.5 Å². The Labute approximate surface area is 375 Å². The van der Waals surface area contributed by atoms with Gasteiger partial charge in [-0.05, 0) is 44.9 Å². The monoisotopic (exact) mass is 866 g/mol. The van der Waals surface area contributed by atoms with Gasteiger partial charge in [0, 0.05) is 6.42 Å². The van der Waals surface area contributed by atoms with Gasteiger partial charge < -0.3 is 40.3 Å².